The van der Waals surface area contributed by atoms with Gasteiger partial charge in [-0.3, -0.25) is 0 Å². The molecular weight excluding hydrogens is 237 g/mol. The molecule has 2 rings (SSSR count). The van der Waals surface area contributed by atoms with Crippen molar-refractivity contribution in [2.75, 3.05) is 11.9 Å². The van der Waals surface area contributed by atoms with Crippen molar-refractivity contribution in [2.24, 2.45) is 0 Å². The first kappa shape index (κ1) is 9.87. The van der Waals surface area contributed by atoms with Gasteiger partial charge >= 0.3 is 0 Å². The third-order valence-corrected chi connectivity index (χ3v) is 3.23. The average molecular weight is 249 g/mol. The Hall–Kier alpha value is -0.210. The molecule has 1 aromatic carbocycles. The van der Waals surface area contributed by atoms with Crippen LogP contribution in [0.1, 0.15) is 11.1 Å². The number of fused-ring (bicyclic) bond motifs is 1. The summed E-state index contributed by atoms with van der Waals surface area (Å²) >= 11 is 3.59. The standard InChI is InChI=1S/C9H10BrN.ClH/c1-6-2-3-8-7(9(6)10)4-5-11-8;/h2-3,11H,4-5H2,1H3;1H. The summed E-state index contributed by atoms with van der Waals surface area (Å²) in [5.74, 6) is 0. The second kappa shape index (κ2) is 3.67. The zero-order valence-electron chi connectivity index (χ0n) is 6.86. The van der Waals surface area contributed by atoms with Gasteiger partial charge in [0.15, 0.2) is 0 Å². The zero-order valence-corrected chi connectivity index (χ0v) is 9.26. The van der Waals surface area contributed by atoms with Crippen molar-refractivity contribution in [3.8, 4) is 0 Å². The van der Waals surface area contributed by atoms with Crippen LogP contribution in [0.5, 0.6) is 0 Å². The van der Waals surface area contributed by atoms with Gasteiger partial charge in [0.2, 0.25) is 0 Å². The summed E-state index contributed by atoms with van der Waals surface area (Å²) in [5.41, 5.74) is 4.06. The van der Waals surface area contributed by atoms with E-state index in [2.05, 4.69) is 40.3 Å². The molecule has 0 spiro atoms. The number of aryl methyl sites for hydroxylation is 1. The summed E-state index contributed by atoms with van der Waals surface area (Å²) in [6.45, 7) is 3.21. The molecular formula is C9H11BrClN. The van der Waals surface area contributed by atoms with Crippen LogP contribution in [0.2, 0.25) is 0 Å². The third-order valence-electron chi connectivity index (χ3n) is 2.13. The molecule has 1 heterocycles. The van der Waals surface area contributed by atoms with Gasteiger partial charge in [-0.15, -0.1) is 12.4 Å². The summed E-state index contributed by atoms with van der Waals surface area (Å²) in [7, 11) is 0. The number of nitrogens with one attached hydrogen (secondary N) is 1. The van der Waals surface area contributed by atoms with E-state index in [9.17, 15) is 0 Å². The molecule has 0 saturated heterocycles. The lowest BCUT2D eigenvalue weighted by atomic mass is 10.1. The number of benzene rings is 1. The van der Waals surface area contributed by atoms with E-state index < -0.39 is 0 Å². The molecule has 1 aliphatic rings. The Morgan fingerprint density at radius 1 is 1.42 bits per heavy atom. The molecule has 0 fully saturated rings. The molecule has 1 N–H and O–H groups in total. The Labute approximate surface area is 87.1 Å². The van der Waals surface area contributed by atoms with Gasteiger partial charge in [-0.2, -0.15) is 0 Å². The summed E-state index contributed by atoms with van der Waals surface area (Å²) in [6, 6.07) is 4.30. The molecule has 0 aliphatic carbocycles. The number of rotatable bonds is 0. The predicted molar refractivity (Wildman–Crippen MR) is 58.3 cm³/mol. The van der Waals surface area contributed by atoms with Gasteiger partial charge in [0.1, 0.15) is 0 Å². The van der Waals surface area contributed by atoms with Crippen molar-refractivity contribution >= 4 is 34.0 Å². The first-order chi connectivity index (χ1) is 5.29. The molecule has 0 atom stereocenters. The molecule has 0 radical (unpaired) electrons. The second-order valence-electron chi connectivity index (χ2n) is 2.90. The van der Waals surface area contributed by atoms with Crippen LogP contribution >= 0.6 is 28.3 Å². The fraction of sp³-hybridized carbons (Fsp3) is 0.333. The van der Waals surface area contributed by atoms with Crippen LogP contribution in [-0.2, 0) is 6.42 Å². The van der Waals surface area contributed by atoms with Crippen LogP contribution in [-0.4, -0.2) is 6.54 Å². The molecule has 0 bridgehead atoms. The minimum atomic E-state index is 0. The molecule has 0 saturated carbocycles. The molecule has 1 aromatic rings. The Kier molecular flexibility index (Phi) is 3.02. The van der Waals surface area contributed by atoms with Crippen LogP contribution in [0, 0.1) is 6.92 Å². The van der Waals surface area contributed by atoms with Gasteiger partial charge in [-0.25, -0.2) is 0 Å². The molecule has 1 nitrogen and oxygen atoms in total. The third kappa shape index (κ3) is 1.46. The Morgan fingerprint density at radius 2 is 2.17 bits per heavy atom. The van der Waals surface area contributed by atoms with Crippen LogP contribution in [0.25, 0.3) is 0 Å². The molecule has 1 aliphatic heterocycles. The lowest BCUT2D eigenvalue weighted by molar-refractivity contribution is 1.10. The van der Waals surface area contributed by atoms with Gasteiger partial charge in [0, 0.05) is 16.7 Å². The molecule has 3 heteroatoms. The maximum atomic E-state index is 3.59. The number of halogens is 2. The topological polar surface area (TPSA) is 12.0 Å². The molecule has 0 aromatic heterocycles. The summed E-state index contributed by atoms with van der Waals surface area (Å²) < 4.78 is 1.28. The quantitative estimate of drug-likeness (QED) is 0.744. The number of hydrogen-bond acceptors (Lipinski definition) is 1. The van der Waals surface area contributed by atoms with E-state index in [1.807, 2.05) is 0 Å². The van der Waals surface area contributed by atoms with E-state index in [4.69, 9.17) is 0 Å². The maximum Gasteiger partial charge on any atom is 0.0385 e. The summed E-state index contributed by atoms with van der Waals surface area (Å²) in [4.78, 5) is 0. The van der Waals surface area contributed by atoms with E-state index in [0.717, 1.165) is 13.0 Å². The number of hydrogen-bond donors (Lipinski definition) is 1. The molecule has 12 heavy (non-hydrogen) atoms. The Morgan fingerprint density at radius 3 is 2.92 bits per heavy atom. The van der Waals surface area contributed by atoms with Gasteiger partial charge in [-0.05, 0) is 30.5 Å². The lowest BCUT2D eigenvalue weighted by Gasteiger charge is -2.04. The minimum Gasteiger partial charge on any atom is -0.384 e. The van der Waals surface area contributed by atoms with Gasteiger partial charge in [0.25, 0.3) is 0 Å². The maximum absolute atomic E-state index is 3.59. The molecule has 0 unspecified atom stereocenters. The normalized spacial score (nSPS) is 13.2. The van der Waals surface area contributed by atoms with Crippen molar-refractivity contribution in [1.29, 1.82) is 0 Å². The number of anilines is 1. The first-order valence-corrected chi connectivity index (χ1v) is 4.60. The van der Waals surface area contributed by atoms with E-state index in [1.54, 1.807) is 0 Å². The SMILES string of the molecule is Cc1ccc2c(c1Br)CCN2.Cl. The van der Waals surface area contributed by atoms with Gasteiger partial charge in [-0.1, -0.05) is 22.0 Å². The van der Waals surface area contributed by atoms with Crippen LogP contribution in [0.15, 0.2) is 16.6 Å². The van der Waals surface area contributed by atoms with E-state index >= 15 is 0 Å². The van der Waals surface area contributed by atoms with Crippen molar-refractivity contribution < 1.29 is 0 Å². The van der Waals surface area contributed by atoms with Crippen molar-refractivity contribution in [1.82, 2.24) is 0 Å². The predicted octanol–water partition coefficient (Wildman–Crippen LogP) is 3.15. The second-order valence-corrected chi connectivity index (χ2v) is 3.69. The van der Waals surface area contributed by atoms with Crippen molar-refractivity contribution in [3.63, 3.8) is 0 Å². The zero-order chi connectivity index (χ0) is 7.84. The van der Waals surface area contributed by atoms with Crippen LogP contribution in [0.3, 0.4) is 0 Å². The smallest absolute Gasteiger partial charge is 0.0385 e. The highest BCUT2D eigenvalue weighted by atomic mass is 79.9. The highest BCUT2D eigenvalue weighted by molar-refractivity contribution is 9.10. The van der Waals surface area contributed by atoms with Crippen molar-refractivity contribution in [3.05, 3.63) is 27.7 Å². The highest BCUT2D eigenvalue weighted by Gasteiger charge is 2.13. The van der Waals surface area contributed by atoms with Crippen LogP contribution in [0.4, 0.5) is 5.69 Å². The first-order valence-electron chi connectivity index (χ1n) is 3.81. The van der Waals surface area contributed by atoms with Crippen LogP contribution < -0.4 is 5.32 Å². The largest absolute Gasteiger partial charge is 0.384 e. The minimum absolute atomic E-state index is 0. The fourth-order valence-electron chi connectivity index (χ4n) is 1.47. The summed E-state index contributed by atoms with van der Waals surface area (Å²) in [6.07, 6.45) is 1.15. The Bertz CT molecular complexity index is 299. The Balaban J connectivity index is 0.000000720. The van der Waals surface area contributed by atoms with Crippen molar-refractivity contribution in [2.45, 2.75) is 13.3 Å². The summed E-state index contributed by atoms with van der Waals surface area (Å²) in [5, 5.41) is 3.34. The lowest BCUT2D eigenvalue weighted by Crippen LogP contribution is -1.90. The fourth-order valence-corrected chi connectivity index (χ4v) is 2.01. The average Bonchev–Trinajstić information content (AvgIpc) is 2.45. The van der Waals surface area contributed by atoms with Gasteiger partial charge < -0.3 is 5.32 Å². The van der Waals surface area contributed by atoms with E-state index in [-0.39, 0.29) is 12.4 Å². The monoisotopic (exact) mass is 247 g/mol. The van der Waals surface area contributed by atoms with Gasteiger partial charge in [0.05, 0.1) is 0 Å². The molecule has 0 amide bonds. The van der Waals surface area contributed by atoms with E-state index in [1.165, 1.54) is 21.3 Å². The van der Waals surface area contributed by atoms with E-state index in [0.29, 0.717) is 0 Å². The molecule has 66 valence electrons. The highest BCUT2D eigenvalue weighted by Crippen LogP contribution is 2.31.